The minimum Gasteiger partial charge on any atom is -0.445 e. The fourth-order valence-corrected chi connectivity index (χ4v) is 3.19. The van der Waals surface area contributed by atoms with Crippen molar-refractivity contribution in [3.63, 3.8) is 0 Å². The van der Waals surface area contributed by atoms with Gasteiger partial charge in [-0.05, 0) is 45.6 Å². The van der Waals surface area contributed by atoms with Crippen LogP contribution in [0.25, 0.3) is 0 Å². The van der Waals surface area contributed by atoms with Crippen LogP contribution in [-0.4, -0.2) is 41.3 Å². The third kappa shape index (κ3) is 6.62. The molecule has 148 valence electrons. The van der Waals surface area contributed by atoms with E-state index in [1.165, 1.54) is 0 Å². The van der Waals surface area contributed by atoms with E-state index in [2.05, 4.69) is 11.9 Å². The smallest absolute Gasteiger partial charge is 0.410 e. The molecule has 2 rings (SSSR count). The summed E-state index contributed by atoms with van der Waals surface area (Å²) in [5.41, 5.74) is -0.230. The predicted molar refractivity (Wildman–Crippen MR) is 104 cm³/mol. The van der Waals surface area contributed by atoms with Gasteiger partial charge in [-0.3, -0.25) is 0 Å². The Balaban J connectivity index is 1.99. The number of piperidine rings is 1. The molecule has 1 atom stereocenters. The number of alkyl carbamates (subject to hydrolysis) is 1. The summed E-state index contributed by atoms with van der Waals surface area (Å²) in [7, 11) is 0. The summed E-state index contributed by atoms with van der Waals surface area (Å²) >= 11 is 0. The Hall–Kier alpha value is -2.50. The summed E-state index contributed by atoms with van der Waals surface area (Å²) in [5.74, 6) is 0. The fraction of sp³-hybridized carbons (Fsp3) is 0.524. The minimum absolute atomic E-state index is 0.201. The Morgan fingerprint density at radius 2 is 2.00 bits per heavy atom. The molecule has 0 spiro atoms. The van der Waals surface area contributed by atoms with Crippen molar-refractivity contribution >= 4 is 12.2 Å². The normalized spacial score (nSPS) is 19.9. The molecule has 1 aromatic carbocycles. The van der Waals surface area contributed by atoms with Gasteiger partial charge in [0, 0.05) is 13.1 Å². The molecule has 1 aliphatic heterocycles. The van der Waals surface area contributed by atoms with Crippen LogP contribution in [0.5, 0.6) is 0 Å². The molecule has 1 saturated heterocycles. The first-order valence-electron chi connectivity index (χ1n) is 9.31. The third-order valence-corrected chi connectivity index (χ3v) is 4.34. The number of nitrogens with one attached hydrogen (secondary N) is 1. The van der Waals surface area contributed by atoms with E-state index < -0.39 is 17.2 Å². The Morgan fingerprint density at radius 1 is 1.30 bits per heavy atom. The van der Waals surface area contributed by atoms with Crippen LogP contribution in [0, 0.1) is 0 Å². The molecule has 0 bridgehead atoms. The average molecular weight is 374 g/mol. The van der Waals surface area contributed by atoms with Crippen molar-refractivity contribution in [3.05, 3.63) is 48.6 Å². The van der Waals surface area contributed by atoms with Crippen molar-refractivity contribution in [2.75, 3.05) is 13.1 Å². The molecule has 1 unspecified atom stereocenters. The number of amides is 2. The van der Waals surface area contributed by atoms with Crippen molar-refractivity contribution in [2.24, 2.45) is 0 Å². The zero-order valence-electron chi connectivity index (χ0n) is 16.5. The number of carbonyl (C=O) groups excluding carboxylic acids is 2. The SMILES string of the molecule is C=CCC1(NC(=O)OCc2ccccc2)CCCN(C(=O)OC(C)(C)C)C1. The highest BCUT2D eigenvalue weighted by molar-refractivity contribution is 5.70. The van der Waals surface area contributed by atoms with E-state index >= 15 is 0 Å². The summed E-state index contributed by atoms with van der Waals surface area (Å²) < 4.78 is 10.8. The number of benzene rings is 1. The molecule has 0 saturated carbocycles. The summed E-state index contributed by atoms with van der Waals surface area (Å²) in [4.78, 5) is 26.5. The molecule has 0 aromatic heterocycles. The second kappa shape index (κ2) is 8.93. The van der Waals surface area contributed by atoms with Crippen molar-refractivity contribution in [3.8, 4) is 0 Å². The van der Waals surface area contributed by atoms with Crippen molar-refractivity contribution in [1.29, 1.82) is 0 Å². The number of carbonyl (C=O) groups is 2. The van der Waals surface area contributed by atoms with Gasteiger partial charge in [-0.2, -0.15) is 0 Å². The summed E-state index contributed by atoms with van der Waals surface area (Å²) in [5, 5.41) is 2.97. The first-order chi connectivity index (χ1) is 12.7. The van der Waals surface area contributed by atoms with Crippen molar-refractivity contribution < 1.29 is 19.1 Å². The molecule has 6 nitrogen and oxygen atoms in total. The van der Waals surface area contributed by atoms with Gasteiger partial charge in [0.25, 0.3) is 0 Å². The first-order valence-corrected chi connectivity index (χ1v) is 9.31. The monoisotopic (exact) mass is 374 g/mol. The molecule has 0 aliphatic carbocycles. The molecule has 1 aliphatic rings. The second-order valence-electron chi connectivity index (χ2n) is 7.97. The molecule has 27 heavy (non-hydrogen) atoms. The maximum Gasteiger partial charge on any atom is 0.410 e. The van der Waals surface area contributed by atoms with Crippen molar-refractivity contribution in [1.82, 2.24) is 10.2 Å². The summed E-state index contributed by atoms with van der Waals surface area (Å²) in [6.07, 6.45) is 2.97. The van der Waals surface area contributed by atoms with Gasteiger partial charge in [-0.15, -0.1) is 6.58 Å². The van der Waals surface area contributed by atoms with E-state index in [4.69, 9.17) is 9.47 Å². The molecule has 2 amide bonds. The molecule has 0 radical (unpaired) electrons. The van der Waals surface area contributed by atoms with Gasteiger partial charge < -0.3 is 19.7 Å². The number of ether oxygens (including phenoxy) is 2. The fourth-order valence-electron chi connectivity index (χ4n) is 3.19. The van der Waals surface area contributed by atoms with E-state index in [0.29, 0.717) is 19.5 Å². The van der Waals surface area contributed by atoms with E-state index in [9.17, 15) is 9.59 Å². The zero-order valence-corrected chi connectivity index (χ0v) is 16.5. The number of hydrogen-bond acceptors (Lipinski definition) is 4. The van der Waals surface area contributed by atoms with Crippen molar-refractivity contribution in [2.45, 2.75) is 57.8 Å². The molecular weight excluding hydrogens is 344 g/mol. The molecular formula is C21H30N2O4. The lowest BCUT2D eigenvalue weighted by atomic mass is 9.86. The number of rotatable bonds is 5. The lowest BCUT2D eigenvalue weighted by Crippen LogP contribution is -2.60. The van der Waals surface area contributed by atoms with E-state index in [1.807, 2.05) is 51.1 Å². The first kappa shape index (κ1) is 20.8. The lowest BCUT2D eigenvalue weighted by Gasteiger charge is -2.42. The highest BCUT2D eigenvalue weighted by atomic mass is 16.6. The minimum atomic E-state index is -0.593. The third-order valence-electron chi connectivity index (χ3n) is 4.34. The maximum absolute atomic E-state index is 12.4. The highest BCUT2D eigenvalue weighted by Crippen LogP contribution is 2.26. The van der Waals surface area contributed by atoms with Crippen LogP contribution >= 0.6 is 0 Å². The number of likely N-dealkylation sites (tertiary alicyclic amines) is 1. The van der Waals surface area contributed by atoms with Gasteiger partial charge >= 0.3 is 12.2 Å². The maximum atomic E-state index is 12.4. The highest BCUT2D eigenvalue weighted by Gasteiger charge is 2.39. The summed E-state index contributed by atoms with van der Waals surface area (Å²) in [6.45, 7) is 10.5. The van der Waals surface area contributed by atoms with Crippen LogP contribution in [0.4, 0.5) is 9.59 Å². The topological polar surface area (TPSA) is 67.9 Å². The van der Waals surface area contributed by atoms with Gasteiger partial charge in [0.2, 0.25) is 0 Å². The standard InChI is InChI=1S/C21H30N2O4/c1-5-12-21(22-18(24)26-15-17-10-7-6-8-11-17)13-9-14-23(16-21)19(25)27-20(2,3)4/h5-8,10-11H,1,9,12-16H2,2-4H3,(H,22,24). The average Bonchev–Trinajstić information content (AvgIpc) is 2.60. The van der Waals surface area contributed by atoms with Gasteiger partial charge in [-0.25, -0.2) is 9.59 Å². The van der Waals surface area contributed by atoms with E-state index in [1.54, 1.807) is 11.0 Å². The zero-order chi connectivity index (χ0) is 19.9. The molecule has 1 aromatic rings. The van der Waals surface area contributed by atoms with Gasteiger partial charge in [-0.1, -0.05) is 36.4 Å². The summed E-state index contributed by atoms with van der Waals surface area (Å²) in [6, 6.07) is 9.51. The van der Waals surface area contributed by atoms with Gasteiger partial charge in [0.1, 0.15) is 12.2 Å². The Kier molecular flexibility index (Phi) is 6.88. The number of hydrogen-bond donors (Lipinski definition) is 1. The molecule has 1 heterocycles. The van der Waals surface area contributed by atoms with Gasteiger partial charge in [0.05, 0.1) is 5.54 Å². The van der Waals surface area contributed by atoms with Crippen LogP contribution in [0.2, 0.25) is 0 Å². The Bertz CT molecular complexity index is 654. The molecule has 1 N–H and O–H groups in total. The Labute approximate surface area is 161 Å². The van der Waals surface area contributed by atoms with Crippen LogP contribution in [0.3, 0.4) is 0 Å². The lowest BCUT2D eigenvalue weighted by molar-refractivity contribution is 0.0103. The predicted octanol–water partition coefficient (Wildman–Crippen LogP) is 4.26. The van der Waals surface area contributed by atoms with Crippen LogP contribution in [0.1, 0.15) is 45.6 Å². The molecule has 6 heteroatoms. The van der Waals surface area contributed by atoms with E-state index in [-0.39, 0.29) is 12.7 Å². The van der Waals surface area contributed by atoms with Crippen LogP contribution in [-0.2, 0) is 16.1 Å². The second-order valence-corrected chi connectivity index (χ2v) is 7.97. The van der Waals surface area contributed by atoms with E-state index in [0.717, 1.165) is 18.4 Å². The number of nitrogens with zero attached hydrogens (tertiary/aromatic N) is 1. The van der Waals surface area contributed by atoms with Crippen LogP contribution in [0.15, 0.2) is 43.0 Å². The largest absolute Gasteiger partial charge is 0.445 e. The Morgan fingerprint density at radius 3 is 2.63 bits per heavy atom. The molecule has 1 fully saturated rings. The van der Waals surface area contributed by atoms with Crippen LogP contribution < -0.4 is 5.32 Å². The quantitative estimate of drug-likeness (QED) is 0.782. The van der Waals surface area contributed by atoms with Gasteiger partial charge in [0.15, 0.2) is 0 Å².